The molecule has 0 heterocycles. The highest BCUT2D eigenvalue weighted by molar-refractivity contribution is 6.91. The summed E-state index contributed by atoms with van der Waals surface area (Å²) in [6.07, 6.45) is 0. The Kier molecular flexibility index (Phi) is 4.10. The van der Waals surface area contributed by atoms with E-state index in [2.05, 4.69) is 71.3 Å². The minimum absolute atomic E-state index is 0.640. The van der Waals surface area contributed by atoms with Crippen LogP contribution in [-0.4, -0.2) is 16.1 Å². The molecule has 96 valence electrons. The molecule has 0 aliphatic heterocycles. The van der Waals surface area contributed by atoms with Crippen LogP contribution in [0.5, 0.6) is 0 Å². The first kappa shape index (κ1) is 14.7. The van der Waals surface area contributed by atoms with Crippen LogP contribution in [-0.2, 0) is 0 Å². The molecule has 0 fully saturated rings. The van der Waals surface area contributed by atoms with Gasteiger partial charge in [0.05, 0.1) is 16.1 Å². The molecule has 0 nitrogen and oxygen atoms in total. The van der Waals surface area contributed by atoms with E-state index in [-0.39, 0.29) is 0 Å². The molecular formula is C15H28Si2. The molecule has 17 heavy (non-hydrogen) atoms. The second-order valence-electron chi connectivity index (χ2n) is 7.50. The number of benzene rings is 1. The summed E-state index contributed by atoms with van der Waals surface area (Å²) >= 11 is 0. The van der Waals surface area contributed by atoms with Crippen LogP contribution in [0.3, 0.4) is 0 Å². The molecular weight excluding hydrogens is 236 g/mol. The van der Waals surface area contributed by atoms with Crippen molar-refractivity contribution in [3.05, 3.63) is 23.8 Å². The lowest BCUT2D eigenvalue weighted by atomic mass is 10.0. The fraction of sp³-hybridized carbons (Fsp3) is 0.600. The zero-order chi connectivity index (χ0) is 13.4. The zero-order valence-electron chi connectivity index (χ0n) is 12.8. The summed E-state index contributed by atoms with van der Waals surface area (Å²) in [5, 5.41) is 3.25. The lowest BCUT2D eigenvalue weighted by Crippen LogP contribution is -2.45. The van der Waals surface area contributed by atoms with Gasteiger partial charge in [0, 0.05) is 0 Å². The van der Waals surface area contributed by atoms with E-state index >= 15 is 0 Å². The fourth-order valence-corrected chi connectivity index (χ4v) is 4.37. The summed E-state index contributed by atoms with van der Waals surface area (Å²) in [5.74, 6) is 0.640. The van der Waals surface area contributed by atoms with Crippen molar-refractivity contribution in [2.75, 3.05) is 0 Å². The van der Waals surface area contributed by atoms with Crippen molar-refractivity contribution < 1.29 is 0 Å². The van der Waals surface area contributed by atoms with Crippen LogP contribution in [0, 0.1) is 0 Å². The molecule has 0 aliphatic rings. The Morgan fingerprint density at radius 1 is 0.706 bits per heavy atom. The van der Waals surface area contributed by atoms with E-state index in [9.17, 15) is 0 Å². The van der Waals surface area contributed by atoms with Gasteiger partial charge < -0.3 is 0 Å². The predicted molar refractivity (Wildman–Crippen MR) is 86.5 cm³/mol. The van der Waals surface area contributed by atoms with E-state index in [0.717, 1.165) is 0 Å². The molecule has 0 saturated carbocycles. The van der Waals surface area contributed by atoms with Crippen molar-refractivity contribution in [1.82, 2.24) is 0 Å². The summed E-state index contributed by atoms with van der Waals surface area (Å²) < 4.78 is 0. The standard InChI is InChI=1S/C15H28Si2/c1-12(2)13-9-14(16(3,4)5)11-15(10-13)17(6,7)8/h9-12H,1-8H3. The van der Waals surface area contributed by atoms with E-state index in [0.29, 0.717) is 5.92 Å². The first-order valence-electron chi connectivity index (χ1n) is 6.68. The van der Waals surface area contributed by atoms with Gasteiger partial charge in [-0.25, -0.2) is 0 Å². The van der Waals surface area contributed by atoms with Gasteiger partial charge in [-0.15, -0.1) is 0 Å². The molecule has 0 radical (unpaired) electrons. The van der Waals surface area contributed by atoms with Crippen molar-refractivity contribution in [2.24, 2.45) is 0 Å². The third-order valence-electron chi connectivity index (χ3n) is 3.35. The molecule has 0 amide bonds. The molecule has 0 unspecified atom stereocenters. The topological polar surface area (TPSA) is 0 Å². The Morgan fingerprint density at radius 3 is 1.29 bits per heavy atom. The van der Waals surface area contributed by atoms with E-state index in [1.165, 1.54) is 5.56 Å². The monoisotopic (exact) mass is 264 g/mol. The zero-order valence-corrected chi connectivity index (χ0v) is 14.8. The van der Waals surface area contributed by atoms with E-state index in [4.69, 9.17) is 0 Å². The lowest BCUT2D eigenvalue weighted by molar-refractivity contribution is 0.869. The summed E-state index contributed by atoms with van der Waals surface area (Å²) in [6, 6.07) is 7.42. The summed E-state index contributed by atoms with van der Waals surface area (Å²) in [6.45, 7) is 19.3. The van der Waals surface area contributed by atoms with Gasteiger partial charge in [0.1, 0.15) is 0 Å². The Morgan fingerprint density at radius 2 is 1.06 bits per heavy atom. The van der Waals surface area contributed by atoms with Gasteiger partial charge >= 0.3 is 0 Å². The van der Waals surface area contributed by atoms with E-state index in [1.54, 1.807) is 10.4 Å². The highest BCUT2D eigenvalue weighted by atomic mass is 28.3. The highest BCUT2D eigenvalue weighted by Crippen LogP contribution is 2.15. The molecule has 0 saturated heterocycles. The SMILES string of the molecule is CC(C)c1cc([Si](C)(C)C)cc([Si](C)(C)C)c1. The average molecular weight is 265 g/mol. The van der Waals surface area contributed by atoms with Gasteiger partial charge in [-0.3, -0.25) is 0 Å². The Balaban J connectivity index is 3.40. The van der Waals surface area contributed by atoms with Gasteiger partial charge in [0.2, 0.25) is 0 Å². The van der Waals surface area contributed by atoms with Gasteiger partial charge in [-0.05, 0) is 11.5 Å². The van der Waals surface area contributed by atoms with Crippen molar-refractivity contribution >= 4 is 26.5 Å². The molecule has 1 aromatic carbocycles. The van der Waals surface area contributed by atoms with E-state index in [1.807, 2.05) is 0 Å². The number of hydrogen-bond donors (Lipinski definition) is 0. The molecule has 2 heteroatoms. The number of rotatable bonds is 3. The van der Waals surface area contributed by atoms with Crippen LogP contribution in [0.2, 0.25) is 39.3 Å². The third kappa shape index (κ3) is 3.82. The summed E-state index contributed by atoms with van der Waals surface area (Å²) in [7, 11) is -2.40. The lowest BCUT2D eigenvalue weighted by Gasteiger charge is -2.25. The maximum atomic E-state index is 2.50. The van der Waals surface area contributed by atoms with Crippen LogP contribution < -0.4 is 10.4 Å². The summed E-state index contributed by atoms with van der Waals surface area (Å²) in [5.41, 5.74) is 1.53. The quantitative estimate of drug-likeness (QED) is 0.726. The second kappa shape index (κ2) is 4.73. The average Bonchev–Trinajstić information content (AvgIpc) is 2.14. The van der Waals surface area contributed by atoms with Gasteiger partial charge in [0.15, 0.2) is 0 Å². The fourth-order valence-electron chi connectivity index (χ4n) is 1.85. The molecule has 0 aromatic heterocycles. The predicted octanol–water partition coefficient (Wildman–Crippen LogP) is 3.90. The van der Waals surface area contributed by atoms with Crippen molar-refractivity contribution in [3.63, 3.8) is 0 Å². The molecule has 0 spiro atoms. The van der Waals surface area contributed by atoms with Gasteiger partial charge in [-0.2, -0.15) is 0 Å². The second-order valence-corrected chi connectivity index (χ2v) is 17.7. The van der Waals surface area contributed by atoms with Crippen LogP contribution in [0.15, 0.2) is 18.2 Å². The van der Waals surface area contributed by atoms with Crippen LogP contribution in [0.25, 0.3) is 0 Å². The third-order valence-corrected chi connectivity index (χ3v) is 7.40. The molecule has 0 atom stereocenters. The minimum Gasteiger partial charge on any atom is -0.0656 e. The van der Waals surface area contributed by atoms with Crippen LogP contribution >= 0.6 is 0 Å². The molecule has 1 rings (SSSR count). The molecule has 1 aromatic rings. The van der Waals surface area contributed by atoms with Crippen LogP contribution in [0.4, 0.5) is 0 Å². The maximum Gasteiger partial charge on any atom is 0.0775 e. The van der Waals surface area contributed by atoms with E-state index < -0.39 is 16.1 Å². The Hall–Kier alpha value is -0.346. The van der Waals surface area contributed by atoms with Crippen molar-refractivity contribution in [2.45, 2.75) is 59.0 Å². The first-order chi connectivity index (χ1) is 7.51. The molecule has 0 aliphatic carbocycles. The Bertz CT molecular complexity index is 360. The van der Waals surface area contributed by atoms with Gasteiger partial charge in [-0.1, -0.05) is 81.7 Å². The van der Waals surface area contributed by atoms with Crippen molar-refractivity contribution in [3.8, 4) is 0 Å². The Labute approximate surface area is 109 Å². The molecule has 0 bridgehead atoms. The van der Waals surface area contributed by atoms with Gasteiger partial charge in [0.25, 0.3) is 0 Å². The largest absolute Gasteiger partial charge is 0.0775 e. The summed E-state index contributed by atoms with van der Waals surface area (Å²) in [4.78, 5) is 0. The van der Waals surface area contributed by atoms with Crippen LogP contribution in [0.1, 0.15) is 25.3 Å². The number of hydrogen-bond acceptors (Lipinski definition) is 0. The minimum atomic E-state index is -1.20. The smallest absolute Gasteiger partial charge is 0.0656 e. The maximum absolute atomic E-state index is 2.50. The first-order valence-corrected chi connectivity index (χ1v) is 13.7. The highest BCUT2D eigenvalue weighted by Gasteiger charge is 2.23. The molecule has 0 N–H and O–H groups in total. The van der Waals surface area contributed by atoms with Crippen molar-refractivity contribution in [1.29, 1.82) is 0 Å². The normalized spacial score (nSPS) is 13.2.